The van der Waals surface area contributed by atoms with Gasteiger partial charge in [0.2, 0.25) is 0 Å². The van der Waals surface area contributed by atoms with E-state index in [1.165, 1.54) is 22.5 Å². The van der Waals surface area contributed by atoms with E-state index in [9.17, 15) is 4.79 Å². The lowest BCUT2D eigenvalue weighted by molar-refractivity contribution is 0.0958. The zero-order chi connectivity index (χ0) is 13.8. The van der Waals surface area contributed by atoms with Gasteiger partial charge in [-0.1, -0.05) is 29.8 Å². The Bertz CT molecular complexity index is 575. The fourth-order valence-corrected chi connectivity index (χ4v) is 3.69. The number of thiophene rings is 1. The Morgan fingerprint density at radius 3 is 2.74 bits per heavy atom. The number of nitrogens with one attached hydrogen (secondary N) is 1. The Morgan fingerprint density at radius 1 is 1.32 bits per heavy atom. The van der Waals surface area contributed by atoms with Crippen LogP contribution in [0.3, 0.4) is 0 Å². The molecule has 0 spiro atoms. The maximum absolute atomic E-state index is 11.9. The quantitative estimate of drug-likeness (QED) is 0.798. The molecule has 1 amide bonds. The molecule has 0 fully saturated rings. The van der Waals surface area contributed by atoms with E-state index in [-0.39, 0.29) is 5.91 Å². The lowest BCUT2D eigenvalue weighted by Crippen LogP contribution is -2.24. The molecule has 0 unspecified atom stereocenters. The smallest absolute Gasteiger partial charge is 0.261 e. The first-order chi connectivity index (χ1) is 9.06. The van der Waals surface area contributed by atoms with Gasteiger partial charge in [-0.2, -0.15) is 0 Å². The highest BCUT2D eigenvalue weighted by Crippen LogP contribution is 2.32. The van der Waals surface area contributed by atoms with Gasteiger partial charge in [-0.3, -0.25) is 4.79 Å². The average Bonchev–Trinajstić information content (AvgIpc) is 2.70. The predicted molar refractivity (Wildman–Crippen MR) is 86.9 cm³/mol. The van der Waals surface area contributed by atoms with Crippen LogP contribution in [0.25, 0.3) is 0 Å². The fraction of sp³-hybridized carbons (Fsp3) is 0.214. The van der Waals surface area contributed by atoms with Gasteiger partial charge in [0.15, 0.2) is 0 Å². The van der Waals surface area contributed by atoms with Gasteiger partial charge in [0.25, 0.3) is 5.91 Å². The van der Waals surface area contributed by atoms with Crippen LogP contribution in [0.5, 0.6) is 0 Å². The number of hydrogen-bond acceptors (Lipinski definition) is 2. The predicted octanol–water partition coefficient (Wildman–Crippen LogP) is 4.55. The lowest BCUT2D eigenvalue weighted by Gasteiger charge is -2.04. The van der Waals surface area contributed by atoms with Crippen LogP contribution in [0.4, 0.5) is 0 Å². The molecule has 2 nitrogen and oxygen atoms in total. The Balaban J connectivity index is 1.87. The number of benzene rings is 1. The molecule has 0 aliphatic rings. The molecule has 5 heteroatoms. The third-order valence-electron chi connectivity index (χ3n) is 2.65. The number of amides is 1. The molecule has 0 aliphatic heterocycles. The first-order valence-corrected chi connectivity index (χ1v) is 8.25. The van der Waals surface area contributed by atoms with Crippen LogP contribution >= 0.6 is 43.2 Å². The van der Waals surface area contributed by atoms with Crippen molar-refractivity contribution in [3.05, 3.63) is 54.6 Å². The Labute approximate surface area is 133 Å². The number of carbonyl (C=O) groups excluding carboxylic acids is 1. The van der Waals surface area contributed by atoms with Gasteiger partial charge in [-0.15, -0.1) is 11.3 Å². The second-order valence-corrected chi connectivity index (χ2v) is 7.45. The van der Waals surface area contributed by atoms with Crippen molar-refractivity contribution in [2.45, 2.75) is 13.3 Å². The molecular formula is C14H13Br2NOS. The minimum absolute atomic E-state index is 0.0240. The minimum Gasteiger partial charge on any atom is -0.351 e. The first kappa shape index (κ1) is 14.8. The third-order valence-corrected chi connectivity index (χ3v) is 5.91. The zero-order valence-electron chi connectivity index (χ0n) is 10.4. The van der Waals surface area contributed by atoms with Gasteiger partial charge < -0.3 is 5.32 Å². The summed E-state index contributed by atoms with van der Waals surface area (Å²) in [6.45, 7) is 2.72. The van der Waals surface area contributed by atoms with Gasteiger partial charge >= 0.3 is 0 Å². The fourth-order valence-electron chi connectivity index (χ4n) is 1.73. The number of aryl methyl sites for hydroxylation is 1. The molecule has 0 bridgehead atoms. The molecule has 2 aromatic rings. The highest BCUT2D eigenvalue weighted by atomic mass is 79.9. The number of rotatable bonds is 4. The molecule has 1 aromatic heterocycles. The van der Waals surface area contributed by atoms with Crippen molar-refractivity contribution in [1.82, 2.24) is 5.32 Å². The summed E-state index contributed by atoms with van der Waals surface area (Å²) in [6.07, 6.45) is 0.848. The van der Waals surface area contributed by atoms with E-state index in [2.05, 4.69) is 62.3 Å². The second-order valence-electron chi connectivity index (χ2n) is 4.23. The summed E-state index contributed by atoms with van der Waals surface area (Å²) in [5.74, 6) is -0.0240. The topological polar surface area (TPSA) is 29.1 Å². The summed E-state index contributed by atoms with van der Waals surface area (Å²) >= 11 is 8.20. The van der Waals surface area contributed by atoms with E-state index in [0.29, 0.717) is 11.4 Å². The van der Waals surface area contributed by atoms with Crippen molar-refractivity contribution in [1.29, 1.82) is 0 Å². The van der Waals surface area contributed by atoms with E-state index in [1.54, 1.807) is 0 Å². The van der Waals surface area contributed by atoms with Gasteiger partial charge in [-0.05, 0) is 56.8 Å². The molecule has 0 saturated heterocycles. The Kier molecular flexibility index (Phi) is 5.19. The summed E-state index contributed by atoms with van der Waals surface area (Å²) < 4.78 is 1.86. The molecule has 2 rings (SSSR count). The Morgan fingerprint density at radius 2 is 2.11 bits per heavy atom. The van der Waals surface area contributed by atoms with Gasteiger partial charge in [0.05, 0.1) is 8.66 Å². The molecule has 100 valence electrons. The number of hydrogen-bond donors (Lipinski definition) is 1. The largest absolute Gasteiger partial charge is 0.351 e. The first-order valence-electron chi connectivity index (χ1n) is 5.85. The molecule has 0 radical (unpaired) electrons. The zero-order valence-corrected chi connectivity index (χ0v) is 14.4. The molecular weight excluding hydrogens is 390 g/mol. The van der Waals surface area contributed by atoms with E-state index >= 15 is 0 Å². The molecule has 1 aromatic carbocycles. The second kappa shape index (κ2) is 6.68. The van der Waals surface area contributed by atoms with Gasteiger partial charge in [0.1, 0.15) is 0 Å². The molecule has 0 saturated carbocycles. The van der Waals surface area contributed by atoms with E-state index in [0.717, 1.165) is 14.7 Å². The van der Waals surface area contributed by atoms with E-state index in [4.69, 9.17) is 0 Å². The molecule has 0 aliphatic carbocycles. The van der Waals surface area contributed by atoms with E-state index in [1.807, 2.05) is 12.1 Å². The highest BCUT2D eigenvalue weighted by Gasteiger charge is 2.11. The summed E-state index contributed by atoms with van der Waals surface area (Å²) in [4.78, 5) is 12.6. The number of halogens is 2. The van der Waals surface area contributed by atoms with Crippen molar-refractivity contribution in [3.63, 3.8) is 0 Å². The number of carbonyl (C=O) groups is 1. The molecule has 1 heterocycles. The summed E-state index contributed by atoms with van der Waals surface area (Å²) in [6, 6.07) is 10.2. The maximum Gasteiger partial charge on any atom is 0.261 e. The van der Waals surface area contributed by atoms with Crippen LogP contribution in [0.1, 0.15) is 20.8 Å². The third kappa shape index (κ3) is 4.16. The molecule has 0 atom stereocenters. The van der Waals surface area contributed by atoms with Crippen molar-refractivity contribution < 1.29 is 4.79 Å². The van der Waals surface area contributed by atoms with Crippen LogP contribution in [0.15, 0.2) is 38.6 Å². The van der Waals surface area contributed by atoms with Crippen LogP contribution in [-0.2, 0) is 6.42 Å². The SMILES string of the molecule is Cc1cccc(CCNC(=O)c2cc(Br)c(Br)s2)c1. The normalized spacial score (nSPS) is 10.5. The van der Waals surface area contributed by atoms with E-state index < -0.39 is 0 Å². The average molecular weight is 403 g/mol. The summed E-state index contributed by atoms with van der Waals surface area (Å²) in [5.41, 5.74) is 2.49. The van der Waals surface area contributed by atoms with Gasteiger partial charge in [0, 0.05) is 11.0 Å². The lowest BCUT2D eigenvalue weighted by atomic mass is 10.1. The minimum atomic E-state index is -0.0240. The standard InChI is InChI=1S/C14H13Br2NOS/c1-9-3-2-4-10(7-9)5-6-17-14(18)12-8-11(15)13(16)19-12/h2-4,7-8H,5-6H2,1H3,(H,17,18). The van der Waals surface area contributed by atoms with Gasteiger partial charge in [-0.25, -0.2) is 0 Å². The molecule has 1 N–H and O–H groups in total. The maximum atomic E-state index is 11.9. The van der Waals surface area contributed by atoms with Crippen LogP contribution in [-0.4, -0.2) is 12.5 Å². The van der Waals surface area contributed by atoms with Crippen molar-refractivity contribution in [3.8, 4) is 0 Å². The molecule has 19 heavy (non-hydrogen) atoms. The monoisotopic (exact) mass is 401 g/mol. The van der Waals surface area contributed by atoms with Crippen molar-refractivity contribution in [2.24, 2.45) is 0 Å². The van der Waals surface area contributed by atoms with Crippen LogP contribution in [0, 0.1) is 6.92 Å². The highest BCUT2D eigenvalue weighted by molar-refractivity contribution is 9.13. The van der Waals surface area contributed by atoms with Crippen molar-refractivity contribution >= 4 is 49.1 Å². The summed E-state index contributed by atoms with van der Waals surface area (Å²) in [5, 5.41) is 2.94. The van der Waals surface area contributed by atoms with Crippen molar-refractivity contribution in [2.75, 3.05) is 6.54 Å². The summed E-state index contributed by atoms with van der Waals surface area (Å²) in [7, 11) is 0. The Hall–Kier alpha value is -0.650. The van der Waals surface area contributed by atoms with Crippen LogP contribution in [0.2, 0.25) is 0 Å². The van der Waals surface area contributed by atoms with Crippen LogP contribution < -0.4 is 5.32 Å².